The molecule has 0 saturated carbocycles. The summed E-state index contributed by atoms with van der Waals surface area (Å²) in [7, 11) is 0. The van der Waals surface area contributed by atoms with Gasteiger partial charge in [0, 0.05) is 22.9 Å². The number of carbonyl (C=O) groups excluding carboxylic acids is 1. The Labute approximate surface area is 119 Å². The molecule has 0 spiro atoms. The molecule has 3 rings (SSSR count). The van der Waals surface area contributed by atoms with E-state index in [9.17, 15) is 4.79 Å². The molecule has 2 heterocycles. The lowest BCUT2D eigenvalue weighted by Gasteiger charge is -2.26. The fourth-order valence-corrected chi connectivity index (χ4v) is 2.63. The lowest BCUT2D eigenvalue weighted by molar-refractivity contribution is 0.0299. The third-order valence-electron chi connectivity index (χ3n) is 3.19. The summed E-state index contributed by atoms with van der Waals surface area (Å²) < 4.78 is 6.16. The molecule has 1 aromatic heterocycles. The third-order valence-corrected chi connectivity index (χ3v) is 3.83. The first-order valence-corrected chi connectivity index (χ1v) is 6.97. The van der Waals surface area contributed by atoms with E-state index in [2.05, 4.69) is 20.9 Å². The van der Waals surface area contributed by atoms with E-state index in [-0.39, 0.29) is 5.91 Å². The largest absolute Gasteiger partial charge is 0.378 e. The van der Waals surface area contributed by atoms with E-state index < -0.39 is 0 Å². The van der Waals surface area contributed by atoms with Gasteiger partial charge in [-0.3, -0.25) is 4.79 Å². The van der Waals surface area contributed by atoms with Gasteiger partial charge in [-0.15, -0.1) is 0 Å². The van der Waals surface area contributed by atoms with E-state index in [0.29, 0.717) is 32.0 Å². The minimum atomic E-state index is -0.0269. The van der Waals surface area contributed by atoms with Crippen LogP contribution in [0.25, 0.3) is 10.9 Å². The van der Waals surface area contributed by atoms with Crippen LogP contribution in [-0.4, -0.2) is 42.1 Å². The van der Waals surface area contributed by atoms with Crippen LogP contribution in [0.2, 0.25) is 0 Å². The van der Waals surface area contributed by atoms with Gasteiger partial charge < -0.3 is 9.64 Å². The smallest absolute Gasteiger partial charge is 0.272 e. The average molecular weight is 321 g/mol. The van der Waals surface area contributed by atoms with Crippen molar-refractivity contribution in [2.75, 3.05) is 26.3 Å². The highest BCUT2D eigenvalue weighted by atomic mass is 79.9. The van der Waals surface area contributed by atoms with Gasteiger partial charge in [-0.1, -0.05) is 18.2 Å². The van der Waals surface area contributed by atoms with Gasteiger partial charge in [0.05, 0.1) is 18.7 Å². The summed E-state index contributed by atoms with van der Waals surface area (Å²) in [4.78, 5) is 18.6. The van der Waals surface area contributed by atoms with Crippen LogP contribution in [-0.2, 0) is 4.74 Å². The predicted molar refractivity (Wildman–Crippen MR) is 76.2 cm³/mol. The number of fused-ring (bicyclic) bond motifs is 1. The number of aromatic nitrogens is 1. The molecule has 19 heavy (non-hydrogen) atoms. The summed E-state index contributed by atoms with van der Waals surface area (Å²) >= 11 is 3.47. The highest BCUT2D eigenvalue weighted by Crippen LogP contribution is 2.22. The Kier molecular flexibility index (Phi) is 3.48. The van der Waals surface area contributed by atoms with Crippen LogP contribution in [0.4, 0.5) is 0 Å². The average Bonchev–Trinajstić information content (AvgIpc) is 2.47. The standard InChI is InChI=1S/C14H13BrN2O2/c15-11-3-1-2-10-4-5-12(16-13(10)11)14(18)17-6-8-19-9-7-17/h1-5H,6-9H2. The molecule has 0 radical (unpaired) electrons. The van der Waals surface area contributed by atoms with Crippen molar-refractivity contribution < 1.29 is 9.53 Å². The zero-order chi connectivity index (χ0) is 13.2. The Morgan fingerprint density at radius 2 is 2.00 bits per heavy atom. The van der Waals surface area contributed by atoms with E-state index in [4.69, 9.17) is 4.74 Å². The lowest BCUT2D eigenvalue weighted by Crippen LogP contribution is -2.41. The zero-order valence-corrected chi connectivity index (χ0v) is 11.9. The Morgan fingerprint density at radius 3 is 2.79 bits per heavy atom. The van der Waals surface area contributed by atoms with Crippen LogP contribution in [0.1, 0.15) is 10.5 Å². The van der Waals surface area contributed by atoms with Crippen molar-refractivity contribution in [1.82, 2.24) is 9.88 Å². The molecule has 0 atom stereocenters. The molecule has 4 nitrogen and oxygen atoms in total. The van der Waals surface area contributed by atoms with Gasteiger partial charge in [-0.05, 0) is 28.1 Å². The highest BCUT2D eigenvalue weighted by Gasteiger charge is 2.19. The van der Waals surface area contributed by atoms with Crippen molar-refractivity contribution in [2.45, 2.75) is 0 Å². The molecule has 5 heteroatoms. The van der Waals surface area contributed by atoms with Gasteiger partial charge in [-0.25, -0.2) is 4.98 Å². The first kappa shape index (κ1) is 12.6. The number of halogens is 1. The summed E-state index contributed by atoms with van der Waals surface area (Å²) in [6.45, 7) is 2.47. The molecule has 1 amide bonds. The summed E-state index contributed by atoms with van der Waals surface area (Å²) in [6, 6.07) is 9.58. The maximum atomic E-state index is 12.3. The maximum absolute atomic E-state index is 12.3. The molecule has 1 aromatic carbocycles. The Balaban J connectivity index is 1.96. The number of nitrogens with zero attached hydrogens (tertiary/aromatic N) is 2. The Bertz CT molecular complexity index is 624. The van der Waals surface area contributed by atoms with Gasteiger partial charge in [0.2, 0.25) is 0 Å². The number of carbonyl (C=O) groups is 1. The molecule has 98 valence electrons. The molecular formula is C14H13BrN2O2. The van der Waals surface area contributed by atoms with Crippen LogP contribution in [0.3, 0.4) is 0 Å². The number of pyridine rings is 1. The van der Waals surface area contributed by atoms with E-state index in [0.717, 1.165) is 15.4 Å². The van der Waals surface area contributed by atoms with Gasteiger partial charge in [-0.2, -0.15) is 0 Å². The monoisotopic (exact) mass is 320 g/mol. The number of hydrogen-bond donors (Lipinski definition) is 0. The first-order chi connectivity index (χ1) is 9.25. The molecule has 1 aliphatic rings. The number of ether oxygens (including phenoxy) is 1. The van der Waals surface area contributed by atoms with Crippen LogP contribution in [0.5, 0.6) is 0 Å². The maximum Gasteiger partial charge on any atom is 0.272 e. The van der Waals surface area contributed by atoms with Crippen LogP contribution in [0.15, 0.2) is 34.8 Å². The number of morpholine rings is 1. The van der Waals surface area contributed by atoms with Crippen molar-refractivity contribution in [2.24, 2.45) is 0 Å². The van der Waals surface area contributed by atoms with Crippen molar-refractivity contribution in [3.63, 3.8) is 0 Å². The summed E-state index contributed by atoms with van der Waals surface area (Å²) in [5, 5.41) is 1.02. The number of para-hydroxylation sites is 1. The van der Waals surface area contributed by atoms with Gasteiger partial charge in [0.1, 0.15) is 5.69 Å². The second-order valence-electron chi connectivity index (χ2n) is 4.41. The zero-order valence-electron chi connectivity index (χ0n) is 10.3. The van der Waals surface area contributed by atoms with Crippen LogP contribution in [0, 0.1) is 0 Å². The van der Waals surface area contributed by atoms with Crippen molar-refractivity contribution in [1.29, 1.82) is 0 Å². The SMILES string of the molecule is O=C(c1ccc2cccc(Br)c2n1)N1CCOCC1. The van der Waals surface area contributed by atoms with Crippen molar-refractivity contribution in [3.05, 3.63) is 40.5 Å². The quantitative estimate of drug-likeness (QED) is 0.810. The molecule has 0 unspecified atom stereocenters. The fourth-order valence-electron chi connectivity index (χ4n) is 2.16. The second-order valence-corrected chi connectivity index (χ2v) is 5.27. The molecule has 1 saturated heterocycles. The van der Waals surface area contributed by atoms with Gasteiger partial charge in [0.25, 0.3) is 5.91 Å². The normalized spacial score (nSPS) is 15.7. The van der Waals surface area contributed by atoms with Gasteiger partial charge in [0.15, 0.2) is 0 Å². The second kappa shape index (κ2) is 5.27. The number of rotatable bonds is 1. The Hall–Kier alpha value is -1.46. The molecular weight excluding hydrogens is 308 g/mol. The van der Waals surface area contributed by atoms with Crippen LogP contribution >= 0.6 is 15.9 Å². The number of hydrogen-bond acceptors (Lipinski definition) is 3. The molecule has 0 N–H and O–H groups in total. The third kappa shape index (κ3) is 2.48. The first-order valence-electron chi connectivity index (χ1n) is 6.18. The van der Waals surface area contributed by atoms with E-state index in [1.54, 1.807) is 11.0 Å². The van der Waals surface area contributed by atoms with Crippen molar-refractivity contribution >= 4 is 32.7 Å². The minimum absolute atomic E-state index is 0.0269. The molecule has 1 aliphatic heterocycles. The topological polar surface area (TPSA) is 42.4 Å². The number of amides is 1. The van der Waals surface area contributed by atoms with Crippen LogP contribution < -0.4 is 0 Å². The van der Waals surface area contributed by atoms with Gasteiger partial charge >= 0.3 is 0 Å². The van der Waals surface area contributed by atoms with E-state index in [1.807, 2.05) is 24.3 Å². The lowest BCUT2D eigenvalue weighted by atomic mass is 10.2. The fraction of sp³-hybridized carbons (Fsp3) is 0.286. The summed E-state index contributed by atoms with van der Waals surface area (Å²) in [5.74, 6) is -0.0269. The number of benzene rings is 1. The molecule has 1 fully saturated rings. The Morgan fingerprint density at radius 1 is 1.21 bits per heavy atom. The molecule has 0 aliphatic carbocycles. The van der Waals surface area contributed by atoms with E-state index >= 15 is 0 Å². The minimum Gasteiger partial charge on any atom is -0.378 e. The van der Waals surface area contributed by atoms with E-state index in [1.165, 1.54) is 0 Å². The predicted octanol–water partition coefficient (Wildman–Crippen LogP) is 2.47. The molecule has 0 bridgehead atoms. The van der Waals surface area contributed by atoms with Crippen molar-refractivity contribution in [3.8, 4) is 0 Å². The summed E-state index contributed by atoms with van der Waals surface area (Å²) in [5.41, 5.74) is 1.31. The molecule has 2 aromatic rings. The highest BCUT2D eigenvalue weighted by molar-refractivity contribution is 9.10. The summed E-state index contributed by atoms with van der Waals surface area (Å²) in [6.07, 6.45) is 0.